The highest BCUT2D eigenvalue weighted by Gasteiger charge is 2.51. The van der Waals surface area contributed by atoms with Crippen molar-refractivity contribution in [2.24, 2.45) is 0 Å². The van der Waals surface area contributed by atoms with Gasteiger partial charge >= 0.3 is 0 Å². The Labute approximate surface area is 115 Å². The highest BCUT2D eigenvalue weighted by molar-refractivity contribution is 6.30. The smallest absolute Gasteiger partial charge is 0.236 e. The number of carbonyl (C=O) groups excluding carboxylic acids is 1. The summed E-state index contributed by atoms with van der Waals surface area (Å²) in [6.07, 6.45) is 1.69. The van der Waals surface area contributed by atoms with Gasteiger partial charge in [-0.3, -0.25) is 4.79 Å². The first kappa shape index (κ1) is 12.2. The minimum Gasteiger partial charge on any atom is -0.360 e. The van der Waals surface area contributed by atoms with Gasteiger partial charge in [-0.25, -0.2) is 0 Å². The van der Waals surface area contributed by atoms with E-state index in [0.717, 1.165) is 18.4 Å². The zero-order valence-electron chi connectivity index (χ0n) is 10.4. The summed E-state index contributed by atoms with van der Waals surface area (Å²) >= 11 is 5.87. The molecule has 5 heteroatoms. The highest BCUT2D eigenvalue weighted by atomic mass is 35.5. The van der Waals surface area contributed by atoms with E-state index in [1.54, 1.807) is 13.0 Å². The Bertz CT molecular complexity index is 615. The molecule has 1 heterocycles. The van der Waals surface area contributed by atoms with Crippen molar-refractivity contribution in [3.05, 3.63) is 46.7 Å². The minimum absolute atomic E-state index is 0.0388. The fraction of sp³-hybridized carbons (Fsp3) is 0.286. The second-order valence-corrected chi connectivity index (χ2v) is 5.30. The van der Waals surface area contributed by atoms with Crippen molar-refractivity contribution in [2.75, 3.05) is 5.32 Å². The van der Waals surface area contributed by atoms with E-state index in [1.807, 2.05) is 24.3 Å². The van der Waals surface area contributed by atoms with Crippen molar-refractivity contribution >= 4 is 23.3 Å². The molecule has 0 bridgehead atoms. The van der Waals surface area contributed by atoms with Crippen LogP contribution in [-0.4, -0.2) is 11.1 Å². The van der Waals surface area contributed by atoms with Crippen molar-refractivity contribution in [3.63, 3.8) is 0 Å². The van der Waals surface area contributed by atoms with Gasteiger partial charge in [-0.1, -0.05) is 28.9 Å². The van der Waals surface area contributed by atoms with Crippen LogP contribution < -0.4 is 5.32 Å². The third kappa shape index (κ3) is 2.24. The minimum atomic E-state index is -0.433. The number of halogens is 1. The molecule has 0 unspecified atom stereocenters. The fourth-order valence-electron chi connectivity index (χ4n) is 2.20. The zero-order valence-corrected chi connectivity index (χ0v) is 11.2. The van der Waals surface area contributed by atoms with Crippen LogP contribution in [0.2, 0.25) is 5.02 Å². The number of nitrogens with zero attached hydrogens (tertiary/aromatic N) is 1. The van der Waals surface area contributed by atoms with Crippen molar-refractivity contribution < 1.29 is 9.32 Å². The maximum Gasteiger partial charge on any atom is 0.236 e. The van der Waals surface area contributed by atoms with Crippen LogP contribution in [0.3, 0.4) is 0 Å². The van der Waals surface area contributed by atoms with E-state index in [0.29, 0.717) is 16.6 Å². The molecule has 98 valence electrons. The van der Waals surface area contributed by atoms with Gasteiger partial charge in [0.05, 0.1) is 5.41 Å². The van der Waals surface area contributed by atoms with Crippen molar-refractivity contribution in [1.29, 1.82) is 0 Å². The molecule has 1 fully saturated rings. The molecular formula is C14H13ClN2O2. The molecule has 0 radical (unpaired) electrons. The number of benzene rings is 1. The highest BCUT2D eigenvalue weighted by Crippen LogP contribution is 2.49. The van der Waals surface area contributed by atoms with Gasteiger partial charge < -0.3 is 9.84 Å². The average molecular weight is 277 g/mol. The first-order valence-electron chi connectivity index (χ1n) is 6.11. The number of aryl methyl sites for hydroxylation is 1. The molecule has 2 aromatic rings. The molecule has 1 saturated carbocycles. The van der Waals surface area contributed by atoms with Crippen LogP contribution in [0.15, 0.2) is 34.9 Å². The van der Waals surface area contributed by atoms with Gasteiger partial charge in [-0.05, 0) is 37.5 Å². The molecule has 3 rings (SSSR count). The zero-order chi connectivity index (χ0) is 13.5. The van der Waals surface area contributed by atoms with Crippen molar-refractivity contribution in [1.82, 2.24) is 5.16 Å². The number of nitrogens with one attached hydrogen (secondary N) is 1. The topological polar surface area (TPSA) is 55.1 Å². The van der Waals surface area contributed by atoms with E-state index >= 15 is 0 Å². The van der Waals surface area contributed by atoms with Crippen LogP contribution in [0.1, 0.15) is 24.2 Å². The van der Waals surface area contributed by atoms with Gasteiger partial charge in [-0.15, -0.1) is 0 Å². The van der Waals surface area contributed by atoms with E-state index in [-0.39, 0.29) is 5.91 Å². The molecule has 4 nitrogen and oxygen atoms in total. The van der Waals surface area contributed by atoms with Crippen LogP contribution in [0.4, 0.5) is 5.82 Å². The number of hydrogen-bond acceptors (Lipinski definition) is 3. The van der Waals surface area contributed by atoms with Gasteiger partial charge in [0, 0.05) is 11.1 Å². The molecule has 0 saturated heterocycles. The second kappa shape index (κ2) is 4.38. The lowest BCUT2D eigenvalue weighted by atomic mass is 9.95. The van der Waals surface area contributed by atoms with E-state index in [4.69, 9.17) is 16.1 Å². The molecule has 0 aliphatic heterocycles. The summed E-state index contributed by atoms with van der Waals surface area (Å²) in [5.41, 5.74) is 0.562. The third-order valence-electron chi connectivity index (χ3n) is 3.45. The van der Waals surface area contributed by atoms with Gasteiger partial charge in [-0.2, -0.15) is 0 Å². The maximum atomic E-state index is 12.4. The van der Waals surface area contributed by atoms with Crippen LogP contribution in [0.25, 0.3) is 0 Å². The molecule has 19 heavy (non-hydrogen) atoms. The Hall–Kier alpha value is -1.81. The number of rotatable bonds is 3. The average Bonchev–Trinajstić information content (AvgIpc) is 3.10. The Morgan fingerprint density at radius 1 is 1.37 bits per heavy atom. The Morgan fingerprint density at radius 3 is 2.58 bits per heavy atom. The summed E-state index contributed by atoms with van der Waals surface area (Å²) in [6.45, 7) is 1.79. The fourth-order valence-corrected chi connectivity index (χ4v) is 2.33. The largest absolute Gasteiger partial charge is 0.360 e. The van der Waals surface area contributed by atoms with Gasteiger partial charge in [0.25, 0.3) is 0 Å². The summed E-state index contributed by atoms with van der Waals surface area (Å²) in [6, 6.07) is 9.14. The quantitative estimate of drug-likeness (QED) is 0.936. The summed E-state index contributed by atoms with van der Waals surface area (Å²) < 4.78 is 4.94. The van der Waals surface area contributed by atoms with Crippen LogP contribution in [-0.2, 0) is 10.2 Å². The normalized spacial score (nSPS) is 16.1. The SMILES string of the molecule is Cc1cc(NC(=O)C2(c3ccc(Cl)cc3)CC2)no1. The summed E-state index contributed by atoms with van der Waals surface area (Å²) in [5, 5.41) is 7.25. The van der Waals surface area contributed by atoms with Gasteiger partial charge in [0.15, 0.2) is 5.82 Å². The Balaban J connectivity index is 1.81. The number of anilines is 1. The lowest BCUT2D eigenvalue weighted by molar-refractivity contribution is -0.118. The summed E-state index contributed by atoms with van der Waals surface area (Å²) in [4.78, 5) is 12.4. The maximum absolute atomic E-state index is 12.4. The first-order chi connectivity index (χ1) is 9.10. The molecule has 1 aliphatic carbocycles. The summed E-state index contributed by atoms with van der Waals surface area (Å²) in [7, 11) is 0. The van der Waals surface area contributed by atoms with E-state index in [1.165, 1.54) is 0 Å². The van der Waals surface area contributed by atoms with Crippen molar-refractivity contribution in [3.8, 4) is 0 Å². The monoisotopic (exact) mass is 276 g/mol. The number of hydrogen-bond donors (Lipinski definition) is 1. The molecule has 1 N–H and O–H groups in total. The molecule has 1 aliphatic rings. The van der Waals surface area contributed by atoms with Gasteiger partial charge in [0.2, 0.25) is 5.91 Å². The summed E-state index contributed by atoms with van der Waals surface area (Å²) in [5.74, 6) is 1.09. The number of carbonyl (C=O) groups is 1. The predicted molar refractivity (Wildman–Crippen MR) is 72.2 cm³/mol. The lowest BCUT2D eigenvalue weighted by Crippen LogP contribution is -2.27. The number of amides is 1. The first-order valence-corrected chi connectivity index (χ1v) is 6.49. The molecule has 1 amide bonds. The second-order valence-electron chi connectivity index (χ2n) is 4.87. The lowest BCUT2D eigenvalue weighted by Gasteiger charge is -2.14. The van der Waals surface area contributed by atoms with E-state index in [2.05, 4.69) is 10.5 Å². The molecule has 1 aromatic carbocycles. The van der Waals surface area contributed by atoms with Crippen molar-refractivity contribution in [2.45, 2.75) is 25.2 Å². The van der Waals surface area contributed by atoms with Crippen LogP contribution >= 0.6 is 11.6 Å². The molecule has 0 spiro atoms. The molecular weight excluding hydrogens is 264 g/mol. The molecule has 0 atom stereocenters. The standard InChI is InChI=1S/C14H13ClN2O2/c1-9-8-12(17-19-9)16-13(18)14(6-7-14)10-2-4-11(15)5-3-10/h2-5,8H,6-7H2,1H3,(H,16,17,18). The number of aromatic nitrogens is 1. The third-order valence-corrected chi connectivity index (χ3v) is 3.70. The van der Waals surface area contributed by atoms with E-state index in [9.17, 15) is 4.79 Å². The molecule has 1 aromatic heterocycles. The van der Waals surface area contributed by atoms with E-state index < -0.39 is 5.41 Å². The van der Waals surface area contributed by atoms with Crippen LogP contribution in [0.5, 0.6) is 0 Å². The van der Waals surface area contributed by atoms with Gasteiger partial charge in [0.1, 0.15) is 5.76 Å². The Kier molecular flexibility index (Phi) is 2.82. The Morgan fingerprint density at radius 2 is 2.05 bits per heavy atom. The van der Waals surface area contributed by atoms with Crippen LogP contribution in [0, 0.1) is 6.92 Å². The predicted octanol–water partition coefficient (Wildman–Crippen LogP) is 3.31.